The first-order valence-corrected chi connectivity index (χ1v) is 8.81. The molecule has 2 saturated carbocycles. The topological polar surface area (TPSA) is 57.5 Å². The molecule has 3 rings (SSSR count). The zero-order chi connectivity index (χ0) is 17.2. The molecule has 0 amide bonds. The molecular formula is C20H30O3. The van der Waals surface area contributed by atoms with Gasteiger partial charge in [0.05, 0.1) is 12.2 Å². The van der Waals surface area contributed by atoms with E-state index in [4.69, 9.17) is 0 Å². The average Bonchev–Trinajstić information content (AvgIpc) is 2.48. The van der Waals surface area contributed by atoms with Crippen LogP contribution in [0.2, 0.25) is 0 Å². The zero-order valence-electron chi connectivity index (χ0n) is 14.8. The summed E-state index contributed by atoms with van der Waals surface area (Å²) in [5.74, 6) is 0.365. The highest BCUT2D eigenvalue weighted by Gasteiger charge is 2.62. The van der Waals surface area contributed by atoms with Crippen molar-refractivity contribution >= 4 is 5.78 Å². The molecule has 0 saturated heterocycles. The van der Waals surface area contributed by atoms with Crippen LogP contribution in [0.3, 0.4) is 0 Å². The van der Waals surface area contributed by atoms with E-state index < -0.39 is 17.6 Å². The summed E-state index contributed by atoms with van der Waals surface area (Å²) in [6.45, 7) is 12.4. The first-order chi connectivity index (χ1) is 10.5. The van der Waals surface area contributed by atoms with Crippen LogP contribution in [0.1, 0.15) is 53.4 Å². The number of hydrogen-bond acceptors (Lipinski definition) is 3. The van der Waals surface area contributed by atoms with Crippen molar-refractivity contribution in [2.45, 2.75) is 65.6 Å². The van der Waals surface area contributed by atoms with E-state index in [1.807, 2.05) is 6.08 Å². The van der Waals surface area contributed by atoms with Crippen LogP contribution in [0, 0.1) is 28.1 Å². The first kappa shape index (κ1) is 16.9. The highest BCUT2D eigenvalue weighted by molar-refractivity contribution is 5.97. The van der Waals surface area contributed by atoms with Gasteiger partial charge in [0.2, 0.25) is 0 Å². The van der Waals surface area contributed by atoms with Crippen molar-refractivity contribution in [2.24, 2.45) is 28.1 Å². The van der Waals surface area contributed by atoms with E-state index in [0.717, 1.165) is 18.4 Å². The Bertz CT molecular complexity index is 575. The number of hydrogen-bond donors (Lipinski definition) is 2. The molecule has 0 unspecified atom stereocenters. The third-order valence-corrected chi connectivity index (χ3v) is 7.19. The van der Waals surface area contributed by atoms with E-state index in [1.54, 1.807) is 0 Å². The molecule has 0 aromatic carbocycles. The summed E-state index contributed by atoms with van der Waals surface area (Å²) in [5.41, 5.74) is 0.136. The summed E-state index contributed by atoms with van der Waals surface area (Å²) < 4.78 is 0. The Labute approximate surface area is 139 Å². The fourth-order valence-corrected chi connectivity index (χ4v) is 5.72. The van der Waals surface area contributed by atoms with Gasteiger partial charge in [-0.2, -0.15) is 0 Å². The number of aliphatic hydroxyl groups excluding tert-OH is 2. The number of carbonyl (C=O) groups excluding carboxylic acids is 1. The van der Waals surface area contributed by atoms with Gasteiger partial charge in [0.25, 0.3) is 0 Å². The van der Waals surface area contributed by atoms with E-state index in [1.165, 1.54) is 0 Å². The number of rotatable bonds is 1. The van der Waals surface area contributed by atoms with Crippen LogP contribution in [0.25, 0.3) is 0 Å². The summed E-state index contributed by atoms with van der Waals surface area (Å²) >= 11 is 0. The number of carbonyl (C=O) groups is 1. The van der Waals surface area contributed by atoms with Crippen LogP contribution in [0.15, 0.2) is 24.3 Å². The molecule has 2 N–H and O–H groups in total. The minimum Gasteiger partial charge on any atom is -0.390 e. The Morgan fingerprint density at radius 2 is 1.91 bits per heavy atom. The smallest absolute Gasteiger partial charge is 0.159 e. The minimum atomic E-state index is -0.768. The number of ketones is 1. The van der Waals surface area contributed by atoms with Gasteiger partial charge in [-0.05, 0) is 42.1 Å². The van der Waals surface area contributed by atoms with Crippen LogP contribution in [0.4, 0.5) is 0 Å². The molecule has 0 bridgehead atoms. The monoisotopic (exact) mass is 318 g/mol. The fourth-order valence-electron chi connectivity index (χ4n) is 5.72. The average molecular weight is 318 g/mol. The van der Waals surface area contributed by atoms with Crippen molar-refractivity contribution in [3.05, 3.63) is 24.3 Å². The van der Waals surface area contributed by atoms with Crippen molar-refractivity contribution < 1.29 is 15.0 Å². The van der Waals surface area contributed by atoms with Gasteiger partial charge in [0.1, 0.15) is 0 Å². The maximum atomic E-state index is 12.9. The van der Waals surface area contributed by atoms with Crippen LogP contribution in [-0.2, 0) is 4.79 Å². The molecule has 3 aliphatic rings. The second kappa shape index (κ2) is 5.03. The third kappa shape index (κ3) is 2.27. The lowest BCUT2D eigenvalue weighted by molar-refractivity contribution is -0.192. The van der Waals surface area contributed by atoms with E-state index >= 15 is 0 Å². The predicted octanol–water partition coefficient (Wildman–Crippen LogP) is 3.26. The predicted molar refractivity (Wildman–Crippen MR) is 90.7 cm³/mol. The van der Waals surface area contributed by atoms with Crippen LogP contribution < -0.4 is 0 Å². The van der Waals surface area contributed by atoms with Gasteiger partial charge in [-0.3, -0.25) is 4.79 Å². The molecule has 0 aromatic heterocycles. The molecule has 3 heteroatoms. The molecule has 0 radical (unpaired) electrons. The number of Topliss-reactive ketones (excluding diaryl/α,β-unsaturated/α-hetero) is 1. The molecule has 6 atom stereocenters. The van der Waals surface area contributed by atoms with Crippen LogP contribution in [-0.4, -0.2) is 28.2 Å². The standard InChI is InChI=1S/C20H30O3/c1-6-19(4)8-7-13-12(10-19)14(21)9-16-18(2,3)11-15(22)17(23)20(13,16)5/h6,10,13,15-17,22-23H,1,7-9,11H2,2-5H3/t13-,15-,16-,17-,19-,20+/m0/s1. The fraction of sp³-hybridized carbons (Fsp3) is 0.750. The molecule has 128 valence electrons. The molecule has 3 aliphatic carbocycles. The Balaban J connectivity index is 2.12. The summed E-state index contributed by atoms with van der Waals surface area (Å²) in [6.07, 6.45) is 5.35. The van der Waals surface area contributed by atoms with Gasteiger partial charge in [-0.1, -0.05) is 39.8 Å². The van der Waals surface area contributed by atoms with Crippen molar-refractivity contribution in [3.63, 3.8) is 0 Å². The maximum Gasteiger partial charge on any atom is 0.159 e. The van der Waals surface area contributed by atoms with Crippen molar-refractivity contribution in [2.75, 3.05) is 0 Å². The third-order valence-electron chi connectivity index (χ3n) is 7.19. The highest BCUT2D eigenvalue weighted by Crippen LogP contribution is 2.62. The summed E-state index contributed by atoms with van der Waals surface area (Å²) in [4.78, 5) is 12.9. The lowest BCUT2D eigenvalue weighted by Gasteiger charge is -2.61. The lowest BCUT2D eigenvalue weighted by atomic mass is 9.44. The second-order valence-corrected chi connectivity index (χ2v) is 9.15. The van der Waals surface area contributed by atoms with E-state index in [9.17, 15) is 15.0 Å². The summed E-state index contributed by atoms with van der Waals surface area (Å²) in [7, 11) is 0. The molecule has 0 aliphatic heterocycles. The number of fused-ring (bicyclic) bond motifs is 3. The highest BCUT2D eigenvalue weighted by atomic mass is 16.3. The maximum absolute atomic E-state index is 12.9. The zero-order valence-corrected chi connectivity index (χ0v) is 14.8. The minimum absolute atomic E-state index is 0.0333. The van der Waals surface area contributed by atoms with Gasteiger partial charge in [0, 0.05) is 17.3 Å². The van der Waals surface area contributed by atoms with Crippen molar-refractivity contribution in [3.8, 4) is 0 Å². The lowest BCUT2D eigenvalue weighted by Crippen LogP contribution is -2.63. The number of aliphatic hydroxyl groups is 2. The van der Waals surface area contributed by atoms with E-state index in [0.29, 0.717) is 12.8 Å². The molecule has 0 spiro atoms. The van der Waals surface area contributed by atoms with Gasteiger partial charge in [-0.25, -0.2) is 0 Å². The van der Waals surface area contributed by atoms with E-state index in [-0.39, 0.29) is 28.4 Å². The van der Waals surface area contributed by atoms with Crippen molar-refractivity contribution in [1.29, 1.82) is 0 Å². The SMILES string of the molecule is C=C[C@]1(C)C=C2C(=O)C[C@H]3C(C)(C)C[C@H](O)[C@H](O)[C@]3(C)[C@H]2CC1. The Hall–Kier alpha value is -0.930. The Kier molecular flexibility index (Phi) is 3.70. The van der Waals surface area contributed by atoms with Crippen LogP contribution in [0.5, 0.6) is 0 Å². The van der Waals surface area contributed by atoms with E-state index in [2.05, 4.69) is 40.3 Å². The van der Waals surface area contributed by atoms with Gasteiger partial charge in [-0.15, -0.1) is 6.58 Å². The summed E-state index contributed by atoms with van der Waals surface area (Å²) in [5, 5.41) is 21.3. The quantitative estimate of drug-likeness (QED) is 0.730. The van der Waals surface area contributed by atoms with Crippen molar-refractivity contribution in [1.82, 2.24) is 0 Å². The van der Waals surface area contributed by atoms with Gasteiger partial charge >= 0.3 is 0 Å². The Morgan fingerprint density at radius 1 is 1.26 bits per heavy atom. The molecule has 3 nitrogen and oxygen atoms in total. The van der Waals surface area contributed by atoms with Crippen LogP contribution >= 0.6 is 0 Å². The molecule has 2 fully saturated rings. The summed E-state index contributed by atoms with van der Waals surface area (Å²) in [6, 6.07) is 0. The molecule has 0 heterocycles. The van der Waals surface area contributed by atoms with Gasteiger partial charge < -0.3 is 10.2 Å². The molecular weight excluding hydrogens is 288 g/mol. The normalized spacial score (nSPS) is 49.0. The largest absolute Gasteiger partial charge is 0.390 e. The number of allylic oxidation sites excluding steroid dienone is 3. The molecule has 0 aromatic rings. The molecule has 23 heavy (non-hydrogen) atoms. The Morgan fingerprint density at radius 3 is 2.52 bits per heavy atom. The van der Waals surface area contributed by atoms with Gasteiger partial charge in [0.15, 0.2) is 5.78 Å². The second-order valence-electron chi connectivity index (χ2n) is 9.15. The first-order valence-electron chi connectivity index (χ1n) is 8.81.